The van der Waals surface area contributed by atoms with Crippen molar-refractivity contribution in [2.45, 2.75) is 19.6 Å². The maximum Gasteiger partial charge on any atom is 0.260 e. The van der Waals surface area contributed by atoms with Gasteiger partial charge in [0, 0.05) is 29.1 Å². The fourth-order valence-corrected chi connectivity index (χ4v) is 5.07. The van der Waals surface area contributed by atoms with E-state index in [9.17, 15) is 4.79 Å². The molecule has 0 atom stereocenters. The predicted molar refractivity (Wildman–Crippen MR) is 137 cm³/mol. The second-order valence-electron chi connectivity index (χ2n) is 7.97. The number of H-pyrrole nitrogens is 1. The van der Waals surface area contributed by atoms with Gasteiger partial charge in [0.15, 0.2) is 0 Å². The monoisotopic (exact) mass is 471 g/mol. The molecule has 0 aliphatic rings. The van der Waals surface area contributed by atoms with Crippen molar-refractivity contribution >= 4 is 33.2 Å². The SMILES string of the molecule is O=c1[nH]c(CN(Cc2ccccc2)Cc2ccccc2)nc2scc(-c3ccc(Cl)cc3)c12. The molecule has 5 aromatic rings. The number of hydrogen-bond donors (Lipinski definition) is 1. The third kappa shape index (κ3) is 5.06. The van der Waals surface area contributed by atoms with Crippen molar-refractivity contribution in [3.8, 4) is 11.1 Å². The van der Waals surface area contributed by atoms with E-state index in [0.717, 1.165) is 29.0 Å². The lowest BCUT2D eigenvalue weighted by Crippen LogP contribution is -2.25. The first-order valence-corrected chi connectivity index (χ1v) is 12.0. The van der Waals surface area contributed by atoms with Crippen LogP contribution in [0.5, 0.6) is 0 Å². The molecule has 0 spiro atoms. The lowest BCUT2D eigenvalue weighted by Gasteiger charge is -2.22. The zero-order valence-electron chi connectivity index (χ0n) is 17.9. The Kier molecular flexibility index (Phi) is 6.35. The Balaban J connectivity index is 1.46. The molecule has 0 aliphatic heterocycles. The average Bonchev–Trinajstić information content (AvgIpc) is 3.25. The molecule has 3 aromatic carbocycles. The Labute approximate surface area is 201 Å². The van der Waals surface area contributed by atoms with E-state index in [1.165, 1.54) is 22.5 Å². The van der Waals surface area contributed by atoms with Gasteiger partial charge in [0.25, 0.3) is 5.56 Å². The fourth-order valence-electron chi connectivity index (χ4n) is 3.97. The summed E-state index contributed by atoms with van der Waals surface area (Å²) in [7, 11) is 0. The van der Waals surface area contributed by atoms with E-state index in [0.29, 0.717) is 22.8 Å². The molecule has 0 amide bonds. The number of hydrogen-bond acceptors (Lipinski definition) is 4. The summed E-state index contributed by atoms with van der Waals surface area (Å²) in [6.45, 7) is 2.07. The van der Waals surface area contributed by atoms with Crippen molar-refractivity contribution in [2.24, 2.45) is 0 Å². The van der Waals surface area contributed by atoms with Gasteiger partial charge in [-0.05, 0) is 28.8 Å². The van der Waals surface area contributed by atoms with Crippen LogP contribution >= 0.6 is 22.9 Å². The minimum absolute atomic E-state index is 0.111. The quantitative estimate of drug-likeness (QED) is 0.294. The van der Waals surface area contributed by atoms with Crippen molar-refractivity contribution < 1.29 is 0 Å². The Morgan fingerprint density at radius 2 is 1.42 bits per heavy atom. The van der Waals surface area contributed by atoms with Crippen LogP contribution in [0.4, 0.5) is 0 Å². The van der Waals surface area contributed by atoms with Crippen molar-refractivity contribution in [3.63, 3.8) is 0 Å². The van der Waals surface area contributed by atoms with Crippen LogP contribution in [0.3, 0.4) is 0 Å². The van der Waals surface area contributed by atoms with Crippen LogP contribution in [-0.4, -0.2) is 14.9 Å². The third-order valence-corrected chi connectivity index (χ3v) is 6.64. The molecule has 33 heavy (non-hydrogen) atoms. The van der Waals surface area contributed by atoms with Crippen LogP contribution in [0, 0.1) is 0 Å². The number of rotatable bonds is 7. The Bertz CT molecular complexity index is 1370. The largest absolute Gasteiger partial charge is 0.309 e. The zero-order chi connectivity index (χ0) is 22.6. The Morgan fingerprint density at radius 1 is 0.818 bits per heavy atom. The van der Waals surface area contributed by atoms with E-state index in [4.69, 9.17) is 16.6 Å². The molecule has 0 bridgehead atoms. The van der Waals surface area contributed by atoms with Gasteiger partial charge >= 0.3 is 0 Å². The van der Waals surface area contributed by atoms with Crippen LogP contribution in [0.25, 0.3) is 21.3 Å². The lowest BCUT2D eigenvalue weighted by molar-refractivity contribution is 0.241. The molecule has 2 heterocycles. The standard InChI is InChI=1S/C27H22ClN3OS/c28-22-13-11-21(12-14-22)23-18-33-27-25(23)26(32)29-24(30-27)17-31(15-19-7-3-1-4-8-19)16-20-9-5-2-6-10-20/h1-14,18H,15-17H2,(H,29,30,32). The molecule has 0 aliphatic carbocycles. The molecule has 0 radical (unpaired) electrons. The van der Waals surface area contributed by atoms with Crippen LogP contribution in [0.15, 0.2) is 95.1 Å². The molecule has 1 N–H and O–H groups in total. The van der Waals surface area contributed by atoms with E-state index in [-0.39, 0.29) is 5.56 Å². The van der Waals surface area contributed by atoms with E-state index < -0.39 is 0 Å². The highest BCUT2D eigenvalue weighted by molar-refractivity contribution is 7.17. The van der Waals surface area contributed by atoms with Gasteiger partial charge < -0.3 is 4.98 Å². The minimum Gasteiger partial charge on any atom is -0.309 e. The normalized spacial score (nSPS) is 11.3. The maximum atomic E-state index is 13.1. The highest BCUT2D eigenvalue weighted by atomic mass is 35.5. The first-order chi connectivity index (χ1) is 16.2. The minimum atomic E-state index is -0.111. The van der Waals surface area contributed by atoms with Gasteiger partial charge in [-0.25, -0.2) is 4.98 Å². The topological polar surface area (TPSA) is 49.0 Å². The Hall–Kier alpha value is -3.25. The highest BCUT2D eigenvalue weighted by Crippen LogP contribution is 2.31. The van der Waals surface area contributed by atoms with E-state index in [2.05, 4.69) is 34.1 Å². The lowest BCUT2D eigenvalue weighted by atomic mass is 10.1. The molecular formula is C27H22ClN3OS. The van der Waals surface area contributed by atoms with Crippen molar-refractivity contribution in [1.82, 2.24) is 14.9 Å². The van der Waals surface area contributed by atoms with Crippen LogP contribution in [0.1, 0.15) is 17.0 Å². The molecule has 164 valence electrons. The Morgan fingerprint density at radius 3 is 2.03 bits per heavy atom. The first-order valence-electron chi connectivity index (χ1n) is 10.7. The molecule has 2 aromatic heterocycles. The summed E-state index contributed by atoms with van der Waals surface area (Å²) in [4.78, 5) is 24.0. The number of aromatic nitrogens is 2. The van der Waals surface area contributed by atoms with Gasteiger partial charge in [-0.1, -0.05) is 84.4 Å². The van der Waals surface area contributed by atoms with E-state index in [1.54, 1.807) is 0 Å². The van der Waals surface area contributed by atoms with Gasteiger partial charge in [-0.3, -0.25) is 9.69 Å². The summed E-state index contributed by atoms with van der Waals surface area (Å²) in [6, 6.07) is 28.2. The van der Waals surface area contributed by atoms with Gasteiger partial charge in [-0.15, -0.1) is 11.3 Å². The summed E-state index contributed by atoms with van der Waals surface area (Å²) in [5, 5.41) is 3.29. The summed E-state index contributed by atoms with van der Waals surface area (Å²) < 4.78 is 0. The number of nitrogens with zero attached hydrogens (tertiary/aromatic N) is 2. The molecule has 0 saturated carbocycles. The molecule has 6 heteroatoms. The maximum absolute atomic E-state index is 13.1. The second-order valence-corrected chi connectivity index (χ2v) is 9.26. The first kappa shape index (κ1) is 21.6. The average molecular weight is 472 g/mol. The molecule has 0 saturated heterocycles. The van der Waals surface area contributed by atoms with Gasteiger partial charge in [-0.2, -0.15) is 0 Å². The molecule has 0 fully saturated rings. The molecule has 0 unspecified atom stereocenters. The number of aromatic amines is 1. The summed E-state index contributed by atoms with van der Waals surface area (Å²) in [5.41, 5.74) is 4.18. The summed E-state index contributed by atoms with van der Waals surface area (Å²) >= 11 is 7.52. The summed E-state index contributed by atoms with van der Waals surface area (Å²) in [6.07, 6.45) is 0. The van der Waals surface area contributed by atoms with Gasteiger partial charge in [0.2, 0.25) is 0 Å². The number of thiophene rings is 1. The molecular weight excluding hydrogens is 450 g/mol. The number of benzene rings is 3. The molecule has 4 nitrogen and oxygen atoms in total. The fraction of sp³-hybridized carbons (Fsp3) is 0.111. The third-order valence-electron chi connectivity index (χ3n) is 5.52. The summed E-state index contributed by atoms with van der Waals surface area (Å²) in [5.74, 6) is 0.670. The van der Waals surface area contributed by atoms with Crippen LogP contribution < -0.4 is 5.56 Å². The van der Waals surface area contributed by atoms with Gasteiger partial charge in [0.1, 0.15) is 10.7 Å². The number of halogens is 1. The number of fused-ring (bicyclic) bond motifs is 1. The van der Waals surface area contributed by atoms with Crippen LogP contribution in [0.2, 0.25) is 5.02 Å². The second kappa shape index (κ2) is 9.71. The van der Waals surface area contributed by atoms with Crippen LogP contribution in [-0.2, 0) is 19.6 Å². The van der Waals surface area contributed by atoms with E-state index in [1.807, 2.05) is 66.0 Å². The molecule has 5 rings (SSSR count). The highest BCUT2D eigenvalue weighted by Gasteiger charge is 2.15. The van der Waals surface area contributed by atoms with Crippen molar-refractivity contribution in [3.05, 3.63) is 123 Å². The van der Waals surface area contributed by atoms with Gasteiger partial charge in [0.05, 0.1) is 11.9 Å². The smallest absolute Gasteiger partial charge is 0.260 e. The van der Waals surface area contributed by atoms with E-state index >= 15 is 0 Å². The van der Waals surface area contributed by atoms with Crippen molar-refractivity contribution in [2.75, 3.05) is 0 Å². The zero-order valence-corrected chi connectivity index (χ0v) is 19.4. The predicted octanol–water partition coefficient (Wildman–Crippen LogP) is 6.51. The number of nitrogens with one attached hydrogen (secondary N) is 1. The van der Waals surface area contributed by atoms with Crippen molar-refractivity contribution in [1.29, 1.82) is 0 Å².